The van der Waals surface area contributed by atoms with Crippen molar-refractivity contribution < 1.29 is 14.4 Å². The highest BCUT2D eigenvalue weighted by atomic mass is 35.5. The third-order valence-corrected chi connectivity index (χ3v) is 3.95. The summed E-state index contributed by atoms with van der Waals surface area (Å²) < 4.78 is 0. The molecule has 1 aromatic carbocycles. The Balaban J connectivity index is 2.01. The second-order valence-electron chi connectivity index (χ2n) is 4.85. The molecule has 1 heterocycles. The summed E-state index contributed by atoms with van der Waals surface area (Å²) in [6.45, 7) is 1.50. The molecule has 1 N–H and O–H groups in total. The fourth-order valence-corrected chi connectivity index (χ4v) is 2.63. The van der Waals surface area contributed by atoms with Crippen LogP contribution in [0.3, 0.4) is 0 Å². The van der Waals surface area contributed by atoms with Crippen LogP contribution in [0.5, 0.6) is 0 Å². The Morgan fingerprint density at radius 1 is 1.38 bits per heavy atom. The van der Waals surface area contributed by atoms with Crippen LogP contribution in [0, 0.1) is 0 Å². The number of halogens is 2. The van der Waals surface area contributed by atoms with Gasteiger partial charge in [0.05, 0.1) is 0 Å². The maximum atomic E-state index is 12.2. The molecular formula is C14H14Cl2N2O3. The summed E-state index contributed by atoms with van der Waals surface area (Å²) in [5.74, 6) is -1.17. The van der Waals surface area contributed by atoms with Crippen LogP contribution < -0.4 is 5.32 Å². The van der Waals surface area contributed by atoms with Crippen LogP contribution in [0.4, 0.5) is 0 Å². The molecule has 7 heteroatoms. The molecule has 1 atom stereocenters. The lowest BCUT2D eigenvalue weighted by molar-refractivity contribution is -0.149. The van der Waals surface area contributed by atoms with E-state index < -0.39 is 17.9 Å². The summed E-state index contributed by atoms with van der Waals surface area (Å²) in [7, 11) is 0. The van der Waals surface area contributed by atoms with Crippen molar-refractivity contribution in [3.8, 4) is 0 Å². The third-order valence-electron chi connectivity index (χ3n) is 3.37. The van der Waals surface area contributed by atoms with Crippen molar-refractivity contribution in [2.24, 2.45) is 0 Å². The minimum absolute atomic E-state index is 0.0971. The molecular weight excluding hydrogens is 315 g/mol. The summed E-state index contributed by atoms with van der Waals surface area (Å²) in [5, 5.41) is 3.22. The molecule has 1 aromatic rings. The maximum absolute atomic E-state index is 12.2. The molecule has 0 bridgehead atoms. The number of carbonyl (C=O) groups excluding carboxylic acids is 3. The molecule has 2 rings (SSSR count). The predicted octanol–water partition coefficient (Wildman–Crippen LogP) is 1.80. The molecule has 1 fully saturated rings. The largest absolute Gasteiger partial charge is 0.322 e. The molecule has 1 aliphatic heterocycles. The van der Waals surface area contributed by atoms with Gasteiger partial charge in [-0.1, -0.05) is 29.3 Å². The number of piperazine rings is 1. The van der Waals surface area contributed by atoms with E-state index in [1.807, 2.05) is 0 Å². The standard InChI is InChI=1S/C14H14Cl2N2O3/c1-8-14(21)17-12(19)7-18(8)13(20)5-3-9-2-4-10(15)6-11(9)16/h2,4,6,8H,3,5,7H2,1H3,(H,17,19,21). The van der Waals surface area contributed by atoms with Gasteiger partial charge in [-0.15, -0.1) is 0 Å². The zero-order chi connectivity index (χ0) is 15.6. The molecule has 3 amide bonds. The van der Waals surface area contributed by atoms with E-state index in [0.717, 1.165) is 5.56 Å². The predicted molar refractivity (Wildman–Crippen MR) is 79.1 cm³/mol. The minimum Gasteiger partial charge on any atom is -0.322 e. The highest BCUT2D eigenvalue weighted by Gasteiger charge is 2.33. The van der Waals surface area contributed by atoms with Crippen molar-refractivity contribution in [1.29, 1.82) is 0 Å². The van der Waals surface area contributed by atoms with E-state index in [0.29, 0.717) is 16.5 Å². The average molecular weight is 329 g/mol. The van der Waals surface area contributed by atoms with Gasteiger partial charge in [0, 0.05) is 16.5 Å². The first-order valence-corrected chi connectivity index (χ1v) is 7.21. The number of amides is 3. The SMILES string of the molecule is CC1C(=O)NC(=O)CN1C(=O)CCc1ccc(Cl)cc1Cl. The van der Waals surface area contributed by atoms with E-state index >= 15 is 0 Å². The van der Waals surface area contributed by atoms with Crippen LogP contribution in [-0.4, -0.2) is 35.2 Å². The van der Waals surface area contributed by atoms with Gasteiger partial charge in [-0.25, -0.2) is 0 Å². The van der Waals surface area contributed by atoms with Crippen molar-refractivity contribution in [3.05, 3.63) is 33.8 Å². The molecule has 0 aromatic heterocycles. The lowest BCUT2D eigenvalue weighted by atomic mass is 10.1. The number of nitrogens with zero attached hydrogens (tertiary/aromatic N) is 1. The number of imide groups is 1. The van der Waals surface area contributed by atoms with Gasteiger partial charge < -0.3 is 4.90 Å². The highest BCUT2D eigenvalue weighted by molar-refractivity contribution is 6.35. The Morgan fingerprint density at radius 2 is 2.10 bits per heavy atom. The molecule has 1 aliphatic rings. The zero-order valence-electron chi connectivity index (χ0n) is 11.4. The van der Waals surface area contributed by atoms with Gasteiger partial charge in [0.25, 0.3) is 0 Å². The molecule has 1 unspecified atom stereocenters. The number of hydrogen-bond donors (Lipinski definition) is 1. The van der Waals surface area contributed by atoms with E-state index in [1.54, 1.807) is 25.1 Å². The quantitative estimate of drug-likeness (QED) is 0.860. The first kappa shape index (κ1) is 15.8. The van der Waals surface area contributed by atoms with Gasteiger partial charge in [0.15, 0.2) is 0 Å². The molecule has 1 saturated heterocycles. The Kier molecular flexibility index (Phi) is 4.85. The van der Waals surface area contributed by atoms with Crippen LogP contribution in [0.25, 0.3) is 0 Å². The second-order valence-corrected chi connectivity index (χ2v) is 5.69. The third kappa shape index (κ3) is 3.74. The summed E-state index contributed by atoms with van der Waals surface area (Å²) in [4.78, 5) is 36.3. The number of nitrogens with one attached hydrogen (secondary N) is 1. The Labute approximate surface area is 132 Å². The van der Waals surface area contributed by atoms with Crippen LogP contribution >= 0.6 is 23.2 Å². The van der Waals surface area contributed by atoms with E-state index in [2.05, 4.69) is 5.32 Å². The van der Waals surface area contributed by atoms with E-state index in [-0.39, 0.29) is 18.9 Å². The van der Waals surface area contributed by atoms with Crippen molar-refractivity contribution in [3.63, 3.8) is 0 Å². The number of hydrogen-bond acceptors (Lipinski definition) is 3. The van der Waals surface area contributed by atoms with Gasteiger partial charge in [-0.05, 0) is 31.0 Å². The summed E-state index contributed by atoms with van der Waals surface area (Å²) in [5.41, 5.74) is 0.801. The first-order chi connectivity index (χ1) is 9.88. The van der Waals surface area contributed by atoms with Crippen molar-refractivity contribution in [2.75, 3.05) is 6.54 Å². The summed E-state index contributed by atoms with van der Waals surface area (Å²) >= 11 is 11.9. The summed E-state index contributed by atoms with van der Waals surface area (Å²) in [6, 6.07) is 4.43. The number of aryl methyl sites for hydroxylation is 1. The van der Waals surface area contributed by atoms with Gasteiger partial charge >= 0.3 is 0 Å². The van der Waals surface area contributed by atoms with Gasteiger partial charge in [0.2, 0.25) is 17.7 Å². The molecule has 0 aliphatic carbocycles. The smallest absolute Gasteiger partial charge is 0.249 e. The molecule has 21 heavy (non-hydrogen) atoms. The minimum atomic E-state index is -0.643. The van der Waals surface area contributed by atoms with Crippen molar-refractivity contribution in [1.82, 2.24) is 10.2 Å². The maximum Gasteiger partial charge on any atom is 0.249 e. The normalized spacial score (nSPS) is 18.6. The molecule has 0 spiro atoms. The van der Waals surface area contributed by atoms with E-state index in [9.17, 15) is 14.4 Å². The van der Waals surface area contributed by atoms with Crippen LogP contribution in [-0.2, 0) is 20.8 Å². The Morgan fingerprint density at radius 3 is 2.76 bits per heavy atom. The second kappa shape index (κ2) is 6.45. The number of rotatable bonds is 3. The first-order valence-electron chi connectivity index (χ1n) is 6.45. The molecule has 0 radical (unpaired) electrons. The fraction of sp³-hybridized carbons (Fsp3) is 0.357. The average Bonchev–Trinajstić information content (AvgIpc) is 2.41. The molecule has 112 valence electrons. The lowest BCUT2D eigenvalue weighted by Crippen LogP contribution is -2.58. The fourth-order valence-electron chi connectivity index (χ4n) is 2.13. The van der Waals surface area contributed by atoms with Gasteiger partial charge in [-0.2, -0.15) is 0 Å². The molecule has 0 saturated carbocycles. The monoisotopic (exact) mass is 328 g/mol. The zero-order valence-corrected chi connectivity index (χ0v) is 12.9. The van der Waals surface area contributed by atoms with Crippen molar-refractivity contribution >= 4 is 40.9 Å². The van der Waals surface area contributed by atoms with Crippen molar-refractivity contribution in [2.45, 2.75) is 25.8 Å². The van der Waals surface area contributed by atoms with Gasteiger partial charge in [-0.3, -0.25) is 19.7 Å². The molecule has 5 nitrogen and oxygen atoms in total. The van der Waals surface area contributed by atoms with E-state index in [1.165, 1.54) is 4.90 Å². The number of benzene rings is 1. The number of carbonyl (C=O) groups is 3. The summed E-state index contributed by atoms with van der Waals surface area (Å²) in [6.07, 6.45) is 0.597. The van der Waals surface area contributed by atoms with Gasteiger partial charge in [0.1, 0.15) is 12.6 Å². The Hall–Kier alpha value is -1.59. The van der Waals surface area contributed by atoms with Crippen LogP contribution in [0.1, 0.15) is 18.9 Å². The Bertz CT molecular complexity index is 604. The topological polar surface area (TPSA) is 66.5 Å². The lowest BCUT2D eigenvalue weighted by Gasteiger charge is -2.31. The highest BCUT2D eigenvalue weighted by Crippen LogP contribution is 2.22. The van der Waals surface area contributed by atoms with Crippen LogP contribution in [0.2, 0.25) is 10.0 Å². The van der Waals surface area contributed by atoms with Crippen LogP contribution in [0.15, 0.2) is 18.2 Å². The van der Waals surface area contributed by atoms with E-state index in [4.69, 9.17) is 23.2 Å².